The van der Waals surface area contributed by atoms with E-state index >= 15 is 0 Å². The fraction of sp³-hybridized carbons (Fsp3) is 0.909. The lowest BCUT2D eigenvalue weighted by atomic mass is 10.2. The minimum Gasteiger partial charge on any atom is -0.302 e. The number of rotatable bonds is 7. The Morgan fingerprint density at radius 1 is 1.36 bits per heavy atom. The summed E-state index contributed by atoms with van der Waals surface area (Å²) in [6, 6.07) is 2.88. The molecule has 0 aliphatic carbocycles. The van der Waals surface area contributed by atoms with E-state index in [1.807, 2.05) is 6.92 Å². The van der Waals surface area contributed by atoms with Crippen molar-refractivity contribution < 1.29 is 0 Å². The van der Waals surface area contributed by atoms with Gasteiger partial charge in [0.1, 0.15) is 0 Å². The highest BCUT2D eigenvalue weighted by atomic mass is 15.1. The Bertz CT molecular complexity index is 174. The van der Waals surface area contributed by atoms with Gasteiger partial charge in [-0.15, -0.1) is 0 Å². The van der Waals surface area contributed by atoms with Crippen LogP contribution in [0.5, 0.6) is 0 Å². The van der Waals surface area contributed by atoms with Gasteiger partial charge >= 0.3 is 0 Å². The number of nitrogens with zero attached hydrogens (tertiary/aromatic N) is 2. The van der Waals surface area contributed by atoms with E-state index in [0.29, 0.717) is 6.04 Å². The van der Waals surface area contributed by atoms with Crippen LogP contribution in [-0.4, -0.2) is 37.1 Å². The van der Waals surface area contributed by atoms with Gasteiger partial charge in [0.25, 0.3) is 0 Å². The van der Waals surface area contributed by atoms with Crippen molar-refractivity contribution in [2.24, 2.45) is 0 Å². The number of nitriles is 1. The van der Waals surface area contributed by atoms with E-state index in [0.717, 1.165) is 19.5 Å². The summed E-state index contributed by atoms with van der Waals surface area (Å²) in [6.07, 6.45) is 2.05. The summed E-state index contributed by atoms with van der Waals surface area (Å²) >= 11 is 0. The second kappa shape index (κ2) is 7.78. The van der Waals surface area contributed by atoms with Crippen molar-refractivity contribution in [2.45, 2.75) is 45.7 Å². The van der Waals surface area contributed by atoms with E-state index in [2.05, 4.69) is 37.2 Å². The minimum atomic E-state index is 0.0142. The van der Waals surface area contributed by atoms with Crippen molar-refractivity contribution in [1.82, 2.24) is 10.2 Å². The molecule has 0 spiro atoms. The third-order valence-corrected chi connectivity index (χ3v) is 2.76. The molecule has 0 saturated carbocycles. The van der Waals surface area contributed by atoms with E-state index in [-0.39, 0.29) is 6.04 Å². The first-order valence-corrected chi connectivity index (χ1v) is 5.48. The summed E-state index contributed by atoms with van der Waals surface area (Å²) in [5, 5.41) is 11.9. The third-order valence-electron chi connectivity index (χ3n) is 2.76. The fourth-order valence-corrected chi connectivity index (χ4v) is 1.23. The number of nitrogens with one attached hydrogen (secondary N) is 1. The van der Waals surface area contributed by atoms with Gasteiger partial charge in [0, 0.05) is 19.1 Å². The highest BCUT2D eigenvalue weighted by molar-refractivity contribution is 4.88. The van der Waals surface area contributed by atoms with Crippen LogP contribution < -0.4 is 5.32 Å². The largest absolute Gasteiger partial charge is 0.302 e. The van der Waals surface area contributed by atoms with Crippen molar-refractivity contribution in [3.63, 3.8) is 0 Å². The Hall–Kier alpha value is -0.590. The Balaban J connectivity index is 3.58. The Labute approximate surface area is 88.1 Å². The van der Waals surface area contributed by atoms with Crippen molar-refractivity contribution in [3.05, 3.63) is 0 Å². The van der Waals surface area contributed by atoms with Gasteiger partial charge in [0.15, 0.2) is 0 Å². The molecule has 82 valence electrons. The molecule has 0 aromatic carbocycles. The highest BCUT2D eigenvalue weighted by Crippen LogP contribution is 1.98. The fourth-order valence-electron chi connectivity index (χ4n) is 1.23. The normalized spacial score (nSPS) is 15.1. The van der Waals surface area contributed by atoms with Gasteiger partial charge in [-0.25, -0.2) is 0 Å². The van der Waals surface area contributed by atoms with Gasteiger partial charge in [-0.2, -0.15) is 5.26 Å². The molecule has 0 fully saturated rings. The first-order valence-electron chi connectivity index (χ1n) is 5.48. The smallest absolute Gasteiger partial charge is 0.0950 e. The molecule has 0 saturated heterocycles. The van der Waals surface area contributed by atoms with Gasteiger partial charge in [0.2, 0.25) is 0 Å². The minimum absolute atomic E-state index is 0.0142. The lowest BCUT2D eigenvalue weighted by molar-refractivity contribution is 0.250. The Kier molecular flexibility index (Phi) is 7.45. The monoisotopic (exact) mass is 197 g/mol. The molecule has 0 bridgehead atoms. The molecule has 0 aromatic heterocycles. The van der Waals surface area contributed by atoms with Gasteiger partial charge in [-0.05, 0) is 26.8 Å². The third kappa shape index (κ3) is 5.21. The second-order valence-corrected chi connectivity index (χ2v) is 3.78. The first-order chi connectivity index (χ1) is 6.65. The lowest BCUT2D eigenvalue weighted by Gasteiger charge is -2.23. The van der Waals surface area contributed by atoms with Crippen LogP contribution in [0.15, 0.2) is 0 Å². The van der Waals surface area contributed by atoms with Gasteiger partial charge in [-0.3, -0.25) is 0 Å². The van der Waals surface area contributed by atoms with Crippen LogP contribution in [0.2, 0.25) is 0 Å². The van der Waals surface area contributed by atoms with Gasteiger partial charge in [0.05, 0.1) is 12.1 Å². The van der Waals surface area contributed by atoms with E-state index in [1.165, 1.54) is 6.42 Å². The molecule has 0 heterocycles. The molecule has 0 radical (unpaired) electrons. The second-order valence-electron chi connectivity index (χ2n) is 3.78. The summed E-state index contributed by atoms with van der Waals surface area (Å²) in [6.45, 7) is 8.35. The molecule has 3 nitrogen and oxygen atoms in total. The molecular weight excluding hydrogens is 174 g/mol. The SMILES string of the molecule is CCC(C#N)NCCN(C)C(C)CC. The van der Waals surface area contributed by atoms with Crippen molar-refractivity contribution in [1.29, 1.82) is 5.26 Å². The predicted octanol–water partition coefficient (Wildman–Crippen LogP) is 1.61. The standard InChI is InChI=1S/C11H23N3/c1-5-10(3)14(4)8-7-13-11(6-2)9-12/h10-11,13H,5-8H2,1-4H3. The summed E-state index contributed by atoms with van der Waals surface area (Å²) < 4.78 is 0. The molecule has 0 rings (SSSR count). The van der Waals surface area contributed by atoms with E-state index in [1.54, 1.807) is 0 Å². The summed E-state index contributed by atoms with van der Waals surface area (Å²) in [5.41, 5.74) is 0. The van der Waals surface area contributed by atoms with E-state index < -0.39 is 0 Å². The number of hydrogen-bond donors (Lipinski definition) is 1. The summed E-state index contributed by atoms with van der Waals surface area (Å²) in [5.74, 6) is 0. The summed E-state index contributed by atoms with van der Waals surface area (Å²) in [7, 11) is 2.13. The van der Waals surface area contributed by atoms with Crippen molar-refractivity contribution >= 4 is 0 Å². The number of likely N-dealkylation sites (N-methyl/N-ethyl adjacent to an activating group) is 1. The molecule has 3 heteroatoms. The molecule has 2 unspecified atom stereocenters. The molecule has 0 aliphatic rings. The zero-order chi connectivity index (χ0) is 11.0. The first kappa shape index (κ1) is 13.4. The van der Waals surface area contributed by atoms with Crippen LogP contribution >= 0.6 is 0 Å². The van der Waals surface area contributed by atoms with Gasteiger partial charge < -0.3 is 10.2 Å². The molecular formula is C11H23N3. The topological polar surface area (TPSA) is 39.1 Å². The Morgan fingerprint density at radius 2 is 2.00 bits per heavy atom. The highest BCUT2D eigenvalue weighted by Gasteiger charge is 2.07. The Morgan fingerprint density at radius 3 is 2.43 bits per heavy atom. The average molecular weight is 197 g/mol. The predicted molar refractivity (Wildman–Crippen MR) is 60.1 cm³/mol. The average Bonchev–Trinajstić information content (AvgIpc) is 2.22. The zero-order valence-corrected chi connectivity index (χ0v) is 9.88. The maximum atomic E-state index is 8.72. The van der Waals surface area contributed by atoms with Crippen molar-refractivity contribution in [2.75, 3.05) is 20.1 Å². The quantitative estimate of drug-likeness (QED) is 0.674. The molecule has 14 heavy (non-hydrogen) atoms. The molecule has 0 aliphatic heterocycles. The van der Waals surface area contributed by atoms with E-state index in [4.69, 9.17) is 5.26 Å². The molecule has 0 aromatic rings. The van der Waals surface area contributed by atoms with Crippen LogP contribution in [0.4, 0.5) is 0 Å². The molecule has 1 N–H and O–H groups in total. The van der Waals surface area contributed by atoms with Crippen LogP contribution in [-0.2, 0) is 0 Å². The van der Waals surface area contributed by atoms with Crippen LogP contribution in [0.3, 0.4) is 0 Å². The maximum Gasteiger partial charge on any atom is 0.0950 e. The molecule has 2 atom stereocenters. The van der Waals surface area contributed by atoms with Crippen LogP contribution in [0.25, 0.3) is 0 Å². The lowest BCUT2D eigenvalue weighted by Crippen LogP contribution is -2.38. The summed E-state index contributed by atoms with van der Waals surface area (Å²) in [4.78, 5) is 2.32. The number of hydrogen-bond acceptors (Lipinski definition) is 3. The molecule has 0 amide bonds. The van der Waals surface area contributed by atoms with Crippen molar-refractivity contribution in [3.8, 4) is 6.07 Å². The maximum absolute atomic E-state index is 8.72. The van der Waals surface area contributed by atoms with Gasteiger partial charge in [-0.1, -0.05) is 13.8 Å². The van der Waals surface area contributed by atoms with Crippen LogP contribution in [0, 0.1) is 11.3 Å². The zero-order valence-electron chi connectivity index (χ0n) is 9.88. The van der Waals surface area contributed by atoms with E-state index in [9.17, 15) is 0 Å². The van der Waals surface area contributed by atoms with Crippen LogP contribution in [0.1, 0.15) is 33.6 Å².